The van der Waals surface area contributed by atoms with Crippen LogP contribution in [0, 0.1) is 0 Å². The summed E-state index contributed by atoms with van der Waals surface area (Å²) in [6.45, 7) is 5.04. The predicted octanol–water partition coefficient (Wildman–Crippen LogP) is 4.93. The molecule has 0 N–H and O–H groups in total. The van der Waals surface area contributed by atoms with E-state index in [4.69, 9.17) is 11.6 Å². The zero-order valence-electron chi connectivity index (χ0n) is 9.59. The molecule has 1 heterocycles. The first-order chi connectivity index (χ1) is 7.07. The highest BCUT2D eigenvalue weighted by Crippen LogP contribution is 2.38. The van der Waals surface area contributed by atoms with E-state index in [1.54, 1.807) is 0 Å². The van der Waals surface area contributed by atoms with Crippen LogP contribution in [0.15, 0.2) is 24.3 Å². The standard InChI is InChI=1S/C13H19ClSi/c1-15(2)9-7-12(8-10-15)11-3-5-13(14)6-4-11/h3-6,12H,7-10H2,1-2H3. The summed E-state index contributed by atoms with van der Waals surface area (Å²) in [7, 11) is -0.802. The van der Waals surface area contributed by atoms with Gasteiger partial charge in [-0.3, -0.25) is 0 Å². The Labute approximate surface area is 98.7 Å². The third-order valence-corrected chi connectivity index (χ3v) is 7.22. The summed E-state index contributed by atoms with van der Waals surface area (Å²) in [6, 6.07) is 11.4. The van der Waals surface area contributed by atoms with Crippen molar-refractivity contribution in [3.8, 4) is 0 Å². The molecular weight excluding hydrogens is 220 g/mol. The van der Waals surface area contributed by atoms with Crippen molar-refractivity contribution in [2.24, 2.45) is 0 Å². The largest absolute Gasteiger partial charge is 0.0843 e. The van der Waals surface area contributed by atoms with Crippen molar-refractivity contribution in [1.29, 1.82) is 0 Å². The minimum Gasteiger partial charge on any atom is -0.0843 e. The molecule has 0 saturated carbocycles. The van der Waals surface area contributed by atoms with Crippen LogP contribution in [-0.2, 0) is 0 Å². The molecule has 1 saturated heterocycles. The van der Waals surface area contributed by atoms with E-state index < -0.39 is 8.07 Å². The van der Waals surface area contributed by atoms with Crippen LogP contribution >= 0.6 is 11.6 Å². The van der Waals surface area contributed by atoms with Crippen LogP contribution in [0.2, 0.25) is 30.2 Å². The van der Waals surface area contributed by atoms with Crippen LogP contribution in [0.5, 0.6) is 0 Å². The Morgan fingerprint density at radius 3 is 2.13 bits per heavy atom. The molecule has 1 aliphatic heterocycles. The van der Waals surface area contributed by atoms with Gasteiger partial charge in [0.05, 0.1) is 0 Å². The number of hydrogen-bond donors (Lipinski definition) is 0. The van der Waals surface area contributed by atoms with Crippen LogP contribution < -0.4 is 0 Å². The lowest BCUT2D eigenvalue weighted by atomic mass is 9.93. The molecule has 2 heteroatoms. The van der Waals surface area contributed by atoms with Crippen molar-refractivity contribution in [2.75, 3.05) is 0 Å². The molecule has 2 rings (SSSR count). The molecule has 0 unspecified atom stereocenters. The van der Waals surface area contributed by atoms with E-state index in [0.717, 1.165) is 10.9 Å². The van der Waals surface area contributed by atoms with Crippen molar-refractivity contribution in [1.82, 2.24) is 0 Å². The maximum atomic E-state index is 5.90. The lowest BCUT2D eigenvalue weighted by molar-refractivity contribution is 0.602. The first kappa shape index (κ1) is 11.2. The molecule has 0 atom stereocenters. The summed E-state index contributed by atoms with van der Waals surface area (Å²) >= 11 is 5.90. The zero-order valence-corrected chi connectivity index (χ0v) is 11.3. The summed E-state index contributed by atoms with van der Waals surface area (Å²) in [6.07, 6.45) is 2.78. The molecule has 1 aromatic carbocycles. The minimum atomic E-state index is -0.802. The number of benzene rings is 1. The third-order valence-electron chi connectivity index (χ3n) is 3.68. The molecule has 0 amide bonds. The number of halogens is 1. The first-order valence-electron chi connectivity index (χ1n) is 5.82. The molecule has 1 aromatic rings. The van der Waals surface area contributed by atoms with Gasteiger partial charge in [0.25, 0.3) is 0 Å². The quantitative estimate of drug-likeness (QED) is 0.609. The van der Waals surface area contributed by atoms with Gasteiger partial charge in [-0.05, 0) is 36.5 Å². The van der Waals surface area contributed by atoms with Crippen LogP contribution in [0.4, 0.5) is 0 Å². The fraction of sp³-hybridized carbons (Fsp3) is 0.538. The van der Waals surface area contributed by atoms with E-state index in [1.807, 2.05) is 12.1 Å². The second-order valence-corrected chi connectivity index (χ2v) is 11.3. The monoisotopic (exact) mass is 238 g/mol. The molecule has 15 heavy (non-hydrogen) atoms. The highest BCUT2D eigenvalue weighted by Gasteiger charge is 2.28. The minimum absolute atomic E-state index is 0.794. The van der Waals surface area contributed by atoms with Crippen LogP contribution in [-0.4, -0.2) is 8.07 Å². The molecule has 0 aliphatic carbocycles. The van der Waals surface area contributed by atoms with Crippen molar-refractivity contribution in [2.45, 2.75) is 43.9 Å². The molecule has 1 fully saturated rings. The topological polar surface area (TPSA) is 0 Å². The highest BCUT2D eigenvalue weighted by atomic mass is 35.5. The van der Waals surface area contributed by atoms with E-state index >= 15 is 0 Å². The van der Waals surface area contributed by atoms with Crippen molar-refractivity contribution >= 4 is 19.7 Å². The molecule has 82 valence electrons. The lowest BCUT2D eigenvalue weighted by Gasteiger charge is -2.33. The van der Waals surface area contributed by atoms with Gasteiger partial charge in [-0.2, -0.15) is 0 Å². The van der Waals surface area contributed by atoms with E-state index in [0.29, 0.717) is 0 Å². The van der Waals surface area contributed by atoms with Gasteiger partial charge in [0, 0.05) is 13.1 Å². The maximum Gasteiger partial charge on any atom is 0.0474 e. The maximum absolute atomic E-state index is 5.90. The summed E-state index contributed by atoms with van der Waals surface area (Å²) in [5.74, 6) is 0.794. The molecule has 1 aliphatic rings. The van der Waals surface area contributed by atoms with Gasteiger partial charge in [0.15, 0.2) is 0 Å². The lowest BCUT2D eigenvalue weighted by Crippen LogP contribution is -2.30. The van der Waals surface area contributed by atoms with E-state index in [9.17, 15) is 0 Å². The fourth-order valence-corrected chi connectivity index (χ4v) is 5.10. The van der Waals surface area contributed by atoms with Gasteiger partial charge in [0.2, 0.25) is 0 Å². The summed E-state index contributed by atoms with van der Waals surface area (Å²) < 4.78 is 0. The molecule has 0 bridgehead atoms. The van der Waals surface area contributed by atoms with Gasteiger partial charge in [-0.1, -0.05) is 48.9 Å². The van der Waals surface area contributed by atoms with E-state index in [-0.39, 0.29) is 0 Å². The highest BCUT2D eigenvalue weighted by molar-refractivity contribution is 6.77. The Kier molecular flexibility index (Phi) is 3.22. The molecule has 0 nitrogen and oxygen atoms in total. The van der Waals surface area contributed by atoms with Crippen molar-refractivity contribution in [3.63, 3.8) is 0 Å². The summed E-state index contributed by atoms with van der Waals surface area (Å²) in [5.41, 5.74) is 1.49. The van der Waals surface area contributed by atoms with Crippen LogP contribution in [0.3, 0.4) is 0 Å². The van der Waals surface area contributed by atoms with Gasteiger partial charge >= 0.3 is 0 Å². The molecule has 0 aromatic heterocycles. The van der Waals surface area contributed by atoms with Gasteiger partial charge in [-0.15, -0.1) is 0 Å². The van der Waals surface area contributed by atoms with E-state index in [1.165, 1.54) is 30.5 Å². The third kappa shape index (κ3) is 2.85. The molecule has 0 radical (unpaired) electrons. The summed E-state index contributed by atoms with van der Waals surface area (Å²) in [4.78, 5) is 0. The predicted molar refractivity (Wildman–Crippen MR) is 70.5 cm³/mol. The molecule has 0 spiro atoms. The Bertz CT molecular complexity index is 319. The Morgan fingerprint density at radius 1 is 1.07 bits per heavy atom. The van der Waals surface area contributed by atoms with Crippen LogP contribution in [0.25, 0.3) is 0 Å². The smallest absolute Gasteiger partial charge is 0.0474 e. The van der Waals surface area contributed by atoms with Crippen LogP contribution in [0.1, 0.15) is 24.3 Å². The Balaban J connectivity index is 2.04. The Hall–Kier alpha value is -0.273. The van der Waals surface area contributed by atoms with E-state index in [2.05, 4.69) is 25.2 Å². The zero-order chi connectivity index (χ0) is 10.9. The van der Waals surface area contributed by atoms with Gasteiger partial charge < -0.3 is 0 Å². The molecular formula is C13H19ClSi. The fourth-order valence-electron chi connectivity index (χ4n) is 2.47. The Morgan fingerprint density at radius 2 is 1.60 bits per heavy atom. The average Bonchev–Trinajstić information content (AvgIpc) is 2.20. The summed E-state index contributed by atoms with van der Waals surface area (Å²) in [5, 5.41) is 0.851. The number of rotatable bonds is 1. The van der Waals surface area contributed by atoms with Gasteiger partial charge in [0.1, 0.15) is 0 Å². The second kappa shape index (κ2) is 4.30. The average molecular weight is 239 g/mol. The SMILES string of the molecule is C[Si]1(C)CCC(c2ccc(Cl)cc2)CC1. The first-order valence-corrected chi connectivity index (χ1v) is 9.61. The normalized spacial score (nSPS) is 21.5. The second-order valence-electron chi connectivity index (χ2n) is 5.49. The van der Waals surface area contributed by atoms with Crippen molar-refractivity contribution < 1.29 is 0 Å². The number of hydrogen-bond acceptors (Lipinski definition) is 0. The van der Waals surface area contributed by atoms with Crippen molar-refractivity contribution in [3.05, 3.63) is 34.9 Å². The van der Waals surface area contributed by atoms with Gasteiger partial charge in [-0.25, -0.2) is 0 Å².